The highest BCUT2D eigenvalue weighted by Crippen LogP contribution is 2.22. The van der Waals surface area contributed by atoms with Gasteiger partial charge in [0.15, 0.2) is 0 Å². The summed E-state index contributed by atoms with van der Waals surface area (Å²) >= 11 is 0. The number of aromatic nitrogens is 1. The van der Waals surface area contributed by atoms with Crippen molar-refractivity contribution in [2.24, 2.45) is 0 Å². The van der Waals surface area contributed by atoms with E-state index in [0.717, 1.165) is 4.90 Å². The molecule has 1 aliphatic rings. The van der Waals surface area contributed by atoms with Gasteiger partial charge in [-0.1, -0.05) is 5.16 Å². The van der Waals surface area contributed by atoms with Gasteiger partial charge < -0.3 is 9.42 Å². The fourth-order valence-electron chi connectivity index (χ4n) is 1.48. The van der Waals surface area contributed by atoms with E-state index in [9.17, 15) is 9.59 Å². The van der Waals surface area contributed by atoms with Crippen molar-refractivity contribution in [3.05, 3.63) is 12.3 Å². The Balaban J connectivity index is 2.32. The van der Waals surface area contributed by atoms with Gasteiger partial charge in [-0.2, -0.15) is 4.90 Å². The molecule has 6 heteroatoms. The fraction of sp³-hybridized carbons (Fsp3) is 0.444. The van der Waals surface area contributed by atoms with Crippen LogP contribution >= 0.6 is 0 Å². The zero-order chi connectivity index (χ0) is 11.0. The van der Waals surface area contributed by atoms with Crippen molar-refractivity contribution >= 4 is 17.8 Å². The van der Waals surface area contributed by atoms with Gasteiger partial charge in [0.25, 0.3) is 0 Å². The molecule has 0 spiro atoms. The molecule has 1 aromatic rings. The third-order valence-corrected chi connectivity index (χ3v) is 2.52. The van der Waals surface area contributed by atoms with Crippen molar-refractivity contribution in [1.82, 2.24) is 10.1 Å². The molecule has 0 N–H and O–H groups in total. The highest BCUT2D eigenvalue weighted by molar-refractivity contribution is 6.15. The van der Waals surface area contributed by atoms with Crippen LogP contribution in [-0.2, 0) is 4.79 Å². The van der Waals surface area contributed by atoms with Crippen LogP contribution in [0.3, 0.4) is 0 Å². The first kappa shape index (κ1) is 9.70. The van der Waals surface area contributed by atoms with Gasteiger partial charge in [-0.25, -0.2) is 4.79 Å². The first-order valence-corrected chi connectivity index (χ1v) is 4.61. The van der Waals surface area contributed by atoms with Gasteiger partial charge in [0.2, 0.25) is 11.8 Å². The maximum absolute atomic E-state index is 11.8. The summed E-state index contributed by atoms with van der Waals surface area (Å²) in [4.78, 5) is 25.9. The standard InChI is InChI=1S/C9H11N3O3/c1-6-5-7(13)12(9(14)11(6)2)8-3-4-10-15-8/h3-4,6H,5H2,1-2H3. The molecule has 0 aliphatic carbocycles. The lowest BCUT2D eigenvalue weighted by Crippen LogP contribution is -2.54. The Morgan fingerprint density at radius 1 is 1.53 bits per heavy atom. The molecule has 1 unspecified atom stereocenters. The lowest BCUT2D eigenvalue weighted by atomic mass is 10.1. The highest BCUT2D eigenvalue weighted by Gasteiger charge is 2.37. The van der Waals surface area contributed by atoms with E-state index in [2.05, 4.69) is 5.16 Å². The SMILES string of the molecule is CC1CC(=O)N(c2ccno2)C(=O)N1C. The normalized spacial score (nSPS) is 22.4. The van der Waals surface area contributed by atoms with Gasteiger partial charge in [0, 0.05) is 25.6 Å². The van der Waals surface area contributed by atoms with Gasteiger partial charge in [0.05, 0.1) is 6.20 Å². The van der Waals surface area contributed by atoms with Gasteiger partial charge in [-0.15, -0.1) is 0 Å². The molecular formula is C9H11N3O3. The fourth-order valence-corrected chi connectivity index (χ4v) is 1.48. The van der Waals surface area contributed by atoms with Crippen molar-refractivity contribution in [1.29, 1.82) is 0 Å². The molecule has 6 nitrogen and oxygen atoms in total. The Bertz CT molecular complexity index is 387. The summed E-state index contributed by atoms with van der Waals surface area (Å²) in [6.45, 7) is 1.83. The summed E-state index contributed by atoms with van der Waals surface area (Å²) < 4.78 is 4.80. The maximum atomic E-state index is 11.8. The zero-order valence-electron chi connectivity index (χ0n) is 8.51. The van der Waals surface area contributed by atoms with Gasteiger partial charge in [0.1, 0.15) is 0 Å². The van der Waals surface area contributed by atoms with Crippen LogP contribution in [0.15, 0.2) is 16.8 Å². The first-order valence-electron chi connectivity index (χ1n) is 4.61. The molecule has 1 aromatic heterocycles. The number of rotatable bonds is 1. The van der Waals surface area contributed by atoms with Crippen LogP contribution in [0, 0.1) is 0 Å². The van der Waals surface area contributed by atoms with E-state index in [1.807, 2.05) is 6.92 Å². The van der Waals surface area contributed by atoms with Crippen LogP contribution in [0.2, 0.25) is 0 Å². The zero-order valence-corrected chi connectivity index (χ0v) is 8.51. The monoisotopic (exact) mass is 209 g/mol. The minimum atomic E-state index is -0.379. The molecule has 1 aliphatic heterocycles. The second-order valence-corrected chi connectivity index (χ2v) is 3.53. The van der Waals surface area contributed by atoms with Crippen LogP contribution < -0.4 is 4.90 Å². The molecule has 1 atom stereocenters. The van der Waals surface area contributed by atoms with Gasteiger partial charge in [-0.05, 0) is 6.92 Å². The van der Waals surface area contributed by atoms with Crippen molar-refractivity contribution in [3.63, 3.8) is 0 Å². The Labute approximate surface area is 86.4 Å². The van der Waals surface area contributed by atoms with E-state index in [-0.39, 0.29) is 23.9 Å². The minimum absolute atomic E-state index is 0.0795. The number of carbonyl (C=O) groups is 2. The van der Waals surface area contributed by atoms with Gasteiger partial charge >= 0.3 is 6.03 Å². The van der Waals surface area contributed by atoms with E-state index in [4.69, 9.17) is 4.52 Å². The van der Waals surface area contributed by atoms with Crippen LogP contribution in [0.5, 0.6) is 0 Å². The molecule has 0 bridgehead atoms. The molecular weight excluding hydrogens is 198 g/mol. The number of imide groups is 1. The maximum Gasteiger partial charge on any atom is 0.333 e. The lowest BCUT2D eigenvalue weighted by Gasteiger charge is -2.34. The Morgan fingerprint density at radius 2 is 2.27 bits per heavy atom. The van der Waals surface area contributed by atoms with Crippen LogP contribution in [-0.4, -0.2) is 35.1 Å². The number of carbonyl (C=O) groups excluding carboxylic acids is 2. The van der Waals surface area contributed by atoms with Gasteiger partial charge in [-0.3, -0.25) is 4.79 Å². The summed E-state index contributed by atoms with van der Waals surface area (Å²) in [5.74, 6) is -0.0916. The predicted molar refractivity (Wildman–Crippen MR) is 51.2 cm³/mol. The Kier molecular flexibility index (Phi) is 2.18. The summed E-state index contributed by atoms with van der Waals surface area (Å²) in [5.41, 5.74) is 0. The molecule has 2 rings (SSSR count). The van der Waals surface area contributed by atoms with Crippen LogP contribution in [0.25, 0.3) is 0 Å². The first-order chi connectivity index (χ1) is 7.11. The quantitative estimate of drug-likeness (QED) is 0.687. The molecule has 1 fully saturated rings. The average Bonchev–Trinajstić information content (AvgIpc) is 2.68. The number of hydrogen-bond donors (Lipinski definition) is 0. The van der Waals surface area contributed by atoms with Crippen molar-refractivity contribution in [3.8, 4) is 0 Å². The molecule has 3 amide bonds. The Hall–Kier alpha value is -1.85. The van der Waals surface area contributed by atoms with Crippen LogP contribution in [0.4, 0.5) is 10.7 Å². The Morgan fingerprint density at radius 3 is 2.87 bits per heavy atom. The van der Waals surface area contributed by atoms with E-state index in [1.54, 1.807) is 7.05 Å². The molecule has 80 valence electrons. The second-order valence-electron chi connectivity index (χ2n) is 3.53. The molecule has 15 heavy (non-hydrogen) atoms. The third-order valence-electron chi connectivity index (χ3n) is 2.52. The van der Waals surface area contributed by atoms with E-state index < -0.39 is 0 Å². The summed E-state index contributed by atoms with van der Waals surface area (Å²) in [6, 6.07) is 1.03. The number of nitrogens with zero attached hydrogens (tertiary/aromatic N) is 3. The molecule has 2 heterocycles. The second kappa shape index (κ2) is 3.38. The molecule has 1 saturated heterocycles. The van der Waals surface area contributed by atoms with E-state index >= 15 is 0 Å². The smallest absolute Gasteiger partial charge is 0.333 e. The van der Waals surface area contributed by atoms with E-state index in [0.29, 0.717) is 6.42 Å². The van der Waals surface area contributed by atoms with Crippen molar-refractivity contribution in [2.45, 2.75) is 19.4 Å². The highest BCUT2D eigenvalue weighted by atomic mass is 16.5. The number of urea groups is 1. The van der Waals surface area contributed by atoms with Crippen molar-refractivity contribution in [2.75, 3.05) is 11.9 Å². The molecule has 0 saturated carbocycles. The summed E-state index contributed by atoms with van der Waals surface area (Å²) in [5, 5.41) is 3.47. The molecule has 0 aromatic carbocycles. The number of anilines is 1. The minimum Gasteiger partial charge on any atom is -0.338 e. The van der Waals surface area contributed by atoms with Crippen LogP contribution in [0.1, 0.15) is 13.3 Å². The molecule has 0 radical (unpaired) electrons. The largest absolute Gasteiger partial charge is 0.338 e. The summed E-state index contributed by atoms with van der Waals surface area (Å²) in [6.07, 6.45) is 1.69. The topological polar surface area (TPSA) is 66.7 Å². The lowest BCUT2D eigenvalue weighted by molar-refractivity contribution is -0.120. The number of amides is 3. The summed E-state index contributed by atoms with van der Waals surface area (Å²) in [7, 11) is 1.66. The predicted octanol–water partition coefficient (Wildman–Crippen LogP) is 0.852. The van der Waals surface area contributed by atoms with Crippen molar-refractivity contribution < 1.29 is 14.1 Å². The van der Waals surface area contributed by atoms with E-state index in [1.165, 1.54) is 17.2 Å². The average molecular weight is 209 g/mol. The third kappa shape index (κ3) is 1.47. The number of hydrogen-bond acceptors (Lipinski definition) is 4.